The van der Waals surface area contributed by atoms with E-state index in [4.69, 9.17) is 0 Å². The molecule has 17 heavy (non-hydrogen) atoms. The van der Waals surface area contributed by atoms with Gasteiger partial charge in [-0.2, -0.15) is 0 Å². The van der Waals surface area contributed by atoms with E-state index in [0.29, 0.717) is 0 Å². The highest BCUT2D eigenvalue weighted by molar-refractivity contribution is 6.75. The Hall–Kier alpha value is 0.0938. The molecule has 0 spiro atoms. The number of piperazine rings is 1. The molecule has 0 bridgehead atoms. The summed E-state index contributed by atoms with van der Waals surface area (Å²) >= 11 is 0. The van der Waals surface area contributed by atoms with E-state index in [2.05, 4.69) is 49.5 Å². The highest BCUT2D eigenvalue weighted by Crippen LogP contribution is 2.20. The van der Waals surface area contributed by atoms with Crippen molar-refractivity contribution in [3.63, 3.8) is 0 Å². The maximum atomic E-state index is 2.83. The van der Waals surface area contributed by atoms with Crippen LogP contribution in [0.4, 0.5) is 0 Å². The topological polar surface area (TPSA) is 6.48 Å². The summed E-state index contributed by atoms with van der Waals surface area (Å²) in [6.45, 7) is 14.8. The SMILES string of the molecule is CC=C(C)[SiH2]CC[Si](C)(C)N1CCN(C)CC1. The molecule has 0 aliphatic carbocycles. The van der Waals surface area contributed by atoms with E-state index in [9.17, 15) is 0 Å². The Kier molecular flexibility index (Phi) is 6.13. The zero-order valence-electron chi connectivity index (χ0n) is 12.4. The van der Waals surface area contributed by atoms with Gasteiger partial charge in [0.25, 0.3) is 0 Å². The molecule has 0 aromatic carbocycles. The molecule has 0 unspecified atom stereocenters. The fourth-order valence-electron chi connectivity index (χ4n) is 2.51. The van der Waals surface area contributed by atoms with E-state index in [1.165, 1.54) is 38.3 Å². The average Bonchev–Trinajstić information content (AvgIpc) is 2.29. The first-order chi connectivity index (χ1) is 7.95. The molecular formula is C13H30N2Si2. The molecule has 1 saturated heterocycles. The fourth-order valence-corrected chi connectivity index (χ4v) is 9.26. The largest absolute Gasteiger partial charge is 0.321 e. The van der Waals surface area contributed by atoms with Crippen molar-refractivity contribution < 1.29 is 0 Å². The Labute approximate surface area is 111 Å². The van der Waals surface area contributed by atoms with Gasteiger partial charge >= 0.3 is 0 Å². The van der Waals surface area contributed by atoms with Gasteiger partial charge in [-0.25, -0.2) is 0 Å². The maximum Gasteiger partial charge on any atom is 0.122 e. The Morgan fingerprint density at radius 1 is 1.24 bits per heavy atom. The van der Waals surface area contributed by atoms with Crippen LogP contribution in [0.1, 0.15) is 13.8 Å². The van der Waals surface area contributed by atoms with Crippen molar-refractivity contribution in [3.8, 4) is 0 Å². The molecule has 0 amide bonds. The van der Waals surface area contributed by atoms with Gasteiger partial charge in [0.15, 0.2) is 0 Å². The van der Waals surface area contributed by atoms with E-state index < -0.39 is 8.24 Å². The van der Waals surface area contributed by atoms with Crippen molar-refractivity contribution in [2.75, 3.05) is 33.2 Å². The lowest BCUT2D eigenvalue weighted by Gasteiger charge is -2.42. The molecule has 0 N–H and O–H groups in total. The second-order valence-electron chi connectivity index (χ2n) is 6.09. The molecule has 1 aliphatic rings. The molecule has 0 aromatic rings. The first kappa shape index (κ1) is 15.2. The first-order valence-electron chi connectivity index (χ1n) is 7.01. The lowest BCUT2D eigenvalue weighted by atomic mass is 10.4. The molecule has 0 radical (unpaired) electrons. The monoisotopic (exact) mass is 270 g/mol. The molecular weight excluding hydrogens is 240 g/mol. The molecule has 1 heterocycles. The van der Waals surface area contributed by atoms with Gasteiger partial charge in [-0.3, -0.25) is 0 Å². The third kappa shape index (κ3) is 5.08. The number of likely N-dealkylation sites (N-methyl/N-ethyl adjacent to an activating group) is 1. The van der Waals surface area contributed by atoms with Crippen LogP contribution in [0.15, 0.2) is 11.3 Å². The number of hydrogen-bond acceptors (Lipinski definition) is 2. The summed E-state index contributed by atoms with van der Waals surface area (Å²) in [4.78, 5) is 2.46. The highest BCUT2D eigenvalue weighted by Gasteiger charge is 2.30. The fraction of sp³-hybridized carbons (Fsp3) is 0.846. The molecule has 0 atom stereocenters. The third-order valence-corrected chi connectivity index (χ3v) is 10.6. The standard InChI is InChI=1S/C13H30N2Si2/c1-6-13(2)16-11-12-17(4,5)15-9-7-14(3)8-10-15/h6H,7-12,16H2,1-5H3. The minimum Gasteiger partial charge on any atom is -0.321 e. The predicted molar refractivity (Wildman–Crippen MR) is 84.1 cm³/mol. The van der Waals surface area contributed by atoms with Crippen molar-refractivity contribution >= 4 is 17.8 Å². The summed E-state index contributed by atoms with van der Waals surface area (Å²) in [6.07, 6.45) is 2.32. The summed E-state index contributed by atoms with van der Waals surface area (Å²) in [5.41, 5.74) is 0. The van der Waals surface area contributed by atoms with Gasteiger partial charge in [0.05, 0.1) is 0 Å². The predicted octanol–water partition coefficient (Wildman–Crippen LogP) is 1.95. The molecule has 1 aliphatic heterocycles. The second kappa shape index (κ2) is 6.87. The van der Waals surface area contributed by atoms with Crippen molar-refractivity contribution in [3.05, 3.63) is 11.3 Å². The smallest absolute Gasteiger partial charge is 0.122 e. The Morgan fingerprint density at radius 3 is 2.35 bits per heavy atom. The molecule has 4 heteroatoms. The zero-order chi connectivity index (χ0) is 12.9. The lowest BCUT2D eigenvalue weighted by Crippen LogP contribution is -2.56. The van der Waals surface area contributed by atoms with Crippen LogP contribution >= 0.6 is 0 Å². The van der Waals surface area contributed by atoms with E-state index in [1.54, 1.807) is 5.20 Å². The Bertz CT molecular complexity index is 256. The van der Waals surface area contributed by atoms with E-state index >= 15 is 0 Å². The number of hydrogen-bond donors (Lipinski definition) is 0. The third-order valence-electron chi connectivity index (χ3n) is 4.21. The second-order valence-corrected chi connectivity index (χ2v) is 13.2. The zero-order valence-corrected chi connectivity index (χ0v) is 14.8. The summed E-state index contributed by atoms with van der Waals surface area (Å²) in [5, 5.41) is 1.69. The quantitative estimate of drug-likeness (QED) is 0.705. The van der Waals surface area contributed by atoms with E-state index in [0.717, 1.165) is 0 Å². The van der Waals surface area contributed by atoms with Crippen LogP contribution < -0.4 is 0 Å². The highest BCUT2D eigenvalue weighted by atomic mass is 28.3. The Morgan fingerprint density at radius 2 is 1.82 bits per heavy atom. The van der Waals surface area contributed by atoms with Gasteiger partial charge < -0.3 is 9.47 Å². The number of nitrogens with zero attached hydrogens (tertiary/aromatic N) is 2. The van der Waals surface area contributed by atoms with Gasteiger partial charge in [0, 0.05) is 35.7 Å². The van der Waals surface area contributed by atoms with Gasteiger partial charge in [-0.1, -0.05) is 30.4 Å². The Balaban J connectivity index is 2.34. The molecule has 1 fully saturated rings. The van der Waals surface area contributed by atoms with Gasteiger partial charge in [0.1, 0.15) is 8.24 Å². The summed E-state index contributed by atoms with van der Waals surface area (Å²) in [7, 11) is 1.22. The summed E-state index contributed by atoms with van der Waals surface area (Å²) < 4.78 is 2.83. The number of allylic oxidation sites excluding steroid dienone is 2. The molecule has 1 rings (SSSR count). The number of rotatable bonds is 5. The summed E-state index contributed by atoms with van der Waals surface area (Å²) in [5.74, 6) is 0. The lowest BCUT2D eigenvalue weighted by molar-refractivity contribution is 0.216. The van der Waals surface area contributed by atoms with Gasteiger partial charge in [-0.15, -0.1) is 0 Å². The summed E-state index contributed by atoms with van der Waals surface area (Å²) in [6, 6.07) is 3.02. The van der Waals surface area contributed by atoms with Gasteiger partial charge in [-0.05, 0) is 26.9 Å². The maximum absolute atomic E-state index is 2.83. The van der Waals surface area contributed by atoms with Crippen LogP contribution in [-0.4, -0.2) is 60.4 Å². The van der Waals surface area contributed by atoms with Crippen molar-refractivity contribution in [2.24, 2.45) is 0 Å². The molecule has 100 valence electrons. The minimum atomic E-state index is -1.10. The van der Waals surface area contributed by atoms with Crippen LogP contribution in [0.3, 0.4) is 0 Å². The van der Waals surface area contributed by atoms with E-state index in [1.807, 2.05) is 0 Å². The van der Waals surface area contributed by atoms with Crippen LogP contribution in [0.2, 0.25) is 25.2 Å². The van der Waals surface area contributed by atoms with Crippen LogP contribution in [0.5, 0.6) is 0 Å². The van der Waals surface area contributed by atoms with Gasteiger partial charge in [0.2, 0.25) is 0 Å². The van der Waals surface area contributed by atoms with Crippen LogP contribution in [0.25, 0.3) is 0 Å². The molecule has 2 nitrogen and oxygen atoms in total. The van der Waals surface area contributed by atoms with Crippen molar-refractivity contribution in [2.45, 2.75) is 39.0 Å². The normalized spacial score (nSPS) is 21.6. The minimum absolute atomic E-state index is 0.0686. The molecule has 0 aromatic heterocycles. The average molecular weight is 271 g/mol. The van der Waals surface area contributed by atoms with E-state index in [-0.39, 0.29) is 9.52 Å². The van der Waals surface area contributed by atoms with Crippen LogP contribution in [0, 0.1) is 0 Å². The van der Waals surface area contributed by atoms with Crippen molar-refractivity contribution in [1.82, 2.24) is 9.47 Å². The first-order valence-corrected chi connectivity index (χ1v) is 11.9. The van der Waals surface area contributed by atoms with Crippen LogP contribution in [-0.2, 0) is 0 Å². The van der Waals surface area contributed by atoms with Crippen molar-refractivity contribution in [1.29, 1.82) is 0 Å². The molecule has 0 saturated carbocycles.